The highest BCUT2D eigenvalue weighted by Crippen LogP contribution is 2.24. The number of rotatable bonds is 5. The van der Waals surface area contributed by atoms with E-state index in [0.717, 1.165) is 16.8 Å². The fraction of sp³-hybridized carbons (Fsp3) is 0.0385. The molecule has 2 aromatic heterocycles. The van der Waals surface area contributed by atoms with E-state index in [2.05, 4.69) is 30.6 Å². The molecular weight excluding hydrogens is 464 g/mol. The molecule has 5 rings (SSSR count). The lowest BCUT2D eigenvalue weighted by Gasteiger charge is -2.11. The van der Waals surface area contributed by atoms with Gasteiger partial charge >= 0.3 is 0 Å². The van der Waals surface area contributed by atoms with E-state index in [9.17, 15) is 9.59 Å². The number of anilines is 3. The Morgan fingerprint density at radius 2 is 1.57 bits per heavy atom. The van der Waals surface area contributed by atoms with Crippen LogP contribution in [0, 0.1) is 6.92 Å². The van der Waals surface area contributed by atoms with Crippen LogP contribution in [0.4, 0.5) is 17.3 Å². The number of aromatic nitrogens is 4. The van der Waals surface area contributed by atoms with Crippen LogP contribution in [-0.4, -0.2) is 25.8 Å². The summed E-state index contributed by atoms with van der Waals surface area (Å²) in [6, 6.07) is 21.5. The number of hydrogen-bond donors (Lipinski definition) is 3. The summed E-state index contributed by atoms with van der Waals surface area (Å²) in [5.74, 6) is -0.0545. The van der Waals surface area contributed by atoms with Crippen LogP contribution in [0.5, 0.6) is 0 Å². The fourth-order valence-electron chi connectivity index (χ4n) is 3.52. The van der Waals surface area contributed by atoms with Crippen LogP contribution in [-0.2, 0) is 0 Å². The Balaban J connectivity index is 1.36. The summed E-state index contributed by atoms with van der Waals surface area (Å²) < 4.78 is 0. The summed E-state index contributed by atoms with van der Waals surface area (Å²) in [7, 11) is 0. The highest BCUT2D eigenvalue weighted by molar-refractivity contribution is 6.30. The molecule has 5 aromatic rings. The second kappa shape index (κ2) is 9.36. The normalized spacial score (nSPS) is 10.8. The number of nitrogens with one attached hydrogen (secondary N) is 3. The van der Waals surface area contributed by atoms with E-state index in [-0.39, 0.29) is 17.2 Å². The van der Waals surface area contributed by atoms with Gasteiger partial charge in [0, 0.05) is 27.5 Å². The number of H-pyrrole nitrogens is 1. The van der Waals surface area contributed by atoms with Gasteiger partial charge < -0.3 is 10.6 Å². The van der Waals surface area contributed by atoms with E-state index in [0.29, 0.717) is 33.4 Å². The molecule has 0 aliphatic rings. The van der Waals surface area contributed by atoms with Gasteiger partial charge in [0.15, 0.2) is 0 Å². The summed E-state index contributed by atoms with van der Waals surface area (Å²) in [5, 5.41) is 6.52. The molecule has 0 bridgehead atoms. The van der Waals surface area contributed by atoms with E-state index >= 15 is 0 Å². The number of carbonyl (C=O) groups is 1. The van der Waals surface area contributed by atoms with Crippen LogP contribution in [0.3, 0.4) is 0 Å². The first-order valence-electron chi connectivity index (χ1n) is 10.7. The standard InChI is InChI=1S/C26H19ClN6O2/c1-15-23(32-26(33-24(15)34)30-19-12-8-17(27)9-13-19)16-6-10-18(11-7-16)29-25(35)22-14-28-20-4-2-3-5-21(20)31-22/h2-14H,1H3,(H,29,35)(H2,30,32,33,34). The second-order valence-corrected chi connectivity index (χ2v) is 8.23. The van der Waals surface area contributed by atoms with Crippen molar-refractivity contribution in [3.8, 4) is 11.3 Å². The van der Waals surface area contributed by atoms with Crippen LogP contribution in [0.15, 0.2) is 83.8 Å². The Kier molecular flexibility index (Phi) is 5.95. The van der Waals surface area contributed by atoms with Crippen LogP contribution in [0.2, 0.25) is 5.02 Å². The Morgan fingerprint density at radius 3 is 2.31 bits per heavy atom. The van der Waals surface area contributed by atoms with Gasteiger partial charge in [-0.3, -0.25) is 19.6 Å². The fourth-order valence-corrected chi connectivity index (χ4v) is 3.64. The van der Waals surface area contributed by atoms with Crippen molar-refractivity contribution in [3.05, 3.63) is 106 Å². The minimum Gasteiger partial charge on any atom is -0.326 e. The SMILES string of the molecule is Cc1c(-c2ccc(NC(=O)c3cnc4ccccc4n3)cc2)nc(Nc2ccc(Cl)cc2)[nH]c1=O. The first-order chi connectivity index (χ1) is 17.0. The predicted molar refractivity (Wildman–Crippen MR) is 137 cm³/mol. The number of hydrogen-bond acceptors (Lipinski definition) is 6. The predicted octanol–water partition coefficient (Wildman–Crippen LogP) is 5.34. The topological polar surface area (TPSA) is 113 Å². The number of aromatic amines is 1. The summed E-state index contributed by atoms with van der Waals surface area (Å²) >= 11 is 5.93. The highest BCUT2D eigenvalue weighted by Gasteiger charge is 2.12. The van der Waals surface area contributed by atoms with Crippen molar-refractivity contribution >= 4 is 45.9 Å². The van der Waals surface area contributed by atoms with Gasteiger partial charge in [0.2, 0.25) is 5.95 Å². The smallest absolute Gasteiger partial charge is 0.275 e. The molecule has 0 fully saturated rings. The summed E-state index contributed by atoms with van der Waals surface area (Å²) in [6.07, 6.45) is 1.45. The number of carbonyl (C=O) groups excluding carboxylic acids is 1. The molecule has 0 aliphatic carbocycles. The number of halogens is 1. The molecule has 3 aromatic carbocycles. The first kappa shape index (κ1) is 22.2. The van der Waals surface area contributed by atoms with Crippen molar-refractivity contribution in [3.63, 3.8) is 0 Å². The highest BCUT2D eigenvalue weighted by atomic mass is 35.5. The van der Waals surface area contributed by atoms with Crippen molar-refractivity contribution in [1.29, 1.82) is 0 Å². The van der Waals surface area contributed by atoms with Gasteiger partial charge in [0.25, 0.3) is 11.5 Å². The van der Waals surface area contributed by atoms with Crippen molar-refractivity contribution in [2.75, 3.05) is 10.6 Å². The number of amides is 1. The first-order valence-corrected chi connectivity index (χ1v) is 11.1. The molecule has 0 spiro atoms. The van der Waals surface area contributed by atoms with Crippen LogP contribution in [0.1, 0.15) is 16.1 Å². The molecule has 172 valence electrons. The quantitative estimate of drug-likeness (QED) is 0.312. The van der Waals surface area contributed by atoms with Gasteiger partial charge in [0.1, 0.15) is 5.69 Å². The Morgan fingerprint density at radius 1 is 0.886 bits per heavy atom. The second-order valence-electron chi connectivity index (χ2n) is 7.80. The maximum absolute atomic E-state index is 12.7. The van der Waals surface area contributed by atoms with E-state index in [1.54, 1.807) is 61.5 Å². The maximum Gasteiger partial charge on any atom is 0.275 e. The third-order valence-electron chi connectivity index (χ3n) is 5.36. The molecule has 3 N–H and O–H groups in total. The van der Waals surface area contributed by atoms with Crippen LogP contribution >= 0.6 is 11.6 Å². The zero-order valence-electron chi connectivity index (χ0n) is 18.5. The van der Waals surface area contributed by atoms with Crippen molar-refractivity contribution in [1.82, 2.24) is 19.9 Å². The number of benzene rings is 3. The number of fused-ring (bicyclic) bond motifs is 1. The zero-order chi connectivity index (χ0) is 24.4. The van der Waals surface area contributed by atoms with Gasteiger partial charge in [-0.2, -0.15) is 0 Å². The van der Waals surface area contributed by atoms with Gasteiger partial charge in [-0.05, 0) is 55.5 Å². The van der Waals surface area contributed by atoms with Crippen molar-refractivity contribution < 1.29 is 4.79 Å². The largest absolute Gasteiger partial charge is 0.326 e. The lowest BCUT2D eigenvalue weighted by molar-refractivity contribution is 0.102. The molecule has 0 radical (unpaired) electrons. The van der Waals surface area contributed by atoms with Gasteiger partial charge in [0.05, 0.1) is 22.9 Å². The minimum absolute atomic E-state index is 0.220. The van der Waals surface area contributed by atoms with Crippen molar-refractivity contribution in [2.24, 2.45) is 0 Å². The molecule has 0 saturated heterocycles. The average Bonchev–Trinajstić information content (AvgIpc) is 2.87. The lowest BCUT2D eigenvalue weighted by atomic mass is 10.1. The Bertz CT molecular complexity index is 1600. The third kappa shape index (κ3) is 4.87. The van der Waals surface area contributed by atoms with Gasteiger partial charge in [-0.25, -0.2) is 9.97 Å². The monoisotopic (exact) mass is 482 g/mol. The summed E-state index contributed by atoms with van der Waals surface area (Å²) in [6.45, 7) is 1.71. The molecule has 0 aliphatic heterocycles. The molecule has 9 heteroatoms. The summed E-state index contributed by atoms with van der Waals surface area (Å²) in [5.41, 5.74) is 4.40. The van der Waals surface area contributed by atoms with Gasteiger partial charge in [-0.1, -0.05) is 35.9 Å². The van der Waals surface area contributed by atoms with E-state index in [4.69, 9.17) is 11.6 Å². The minimum atomic E-state index is -0.365. The molecule has 0 unspecified atom stereocenters. The average molecular weight is 483 g/mol. The zero-order valence-corrected chi connectivity index (χ0v) is 19.3. The van der Waals surface area contributed by atoms with Crippen LogP contribution in [0.25, 0.3) is 22.3 Å². The van der Waals surface area contributed by atoms with E-state index in [1.807, 2.05) is 18.2 Å². The van der Waals surface area contributed by atoms with E-state index in [1.165, 1.54) is 6.20 Å². The molecule has 0 atom stereocenters. The Labute approximate surface area is 205 Å². The molecular formula is C26H19ClN6O2. The molecule has 35 heavy (non-hydrogen) atoms. The molecule has 1 amide bonds. The number of para-hydroxylation sites is 2. The lowest BCUT2D eigenvalue weighted by Crippen LogP contribution is -2.15. The number of nitrogens with zero attached hydrogens (tertiary/aromatic N) is 3. The molecule has 0 saturated carbocycles. The third-order valence-corrected chi connectivity index (χ3v) is 5.61. The van der Waals surface area contributed by atoms with Gasteiger partial charge in [-0.15, -0.1) is 0 Å². The molecule has 8 nitrogen and oxygen atoms in total. The van der Waals surface area contributed by atoms with Crippen LogP contribution < -0.4 is 16.2 Å². The van der Waals surface area contributed by atoms with E-state index < -0.39 is 0 Å². The van der Waals surface area contributed by atoms with Crippen molar-refractivity contribution in [2.45, 2.75) is 6.92 Å². The Hall–Kier alpha value is -4.56. The maximum atomic E-state index is 12.7. The molecule has 2 heterocycles. The summed E-state index contributed by atoms with van der Waals surface area (Å²) in [4.78, 5) is 41.1.